The summed E-state index contributed by atoms with van der Waals surface area (Å²) in [5.41, 5.74) is 5.25. The number of aromatic nitrogens is 2. The Morgan fingerprint density at radius 3 is 2.39 bits per heavy atom. The largest absolute Gasteiger partial charge is 0.479 e. The normalized spacial score (nSPS) is 14.2. The molecule has 0 unspecified atom stereocenters. The fourth-order valence-electron chi connectivity index (χ4n) is 5.59. The molecule has 0 bridgehead atoms. The van der Waals surface area contributed by atoms with Gasteiger partial charge in [0.05, 0.1) is 16.8 Å². The van der Waals surface area contributed by atoms with Crippen molar-refractivity contribution in [1.82, 2.24) is 9.13 Å². The number of ether oxygens (including phenoxy) is 1. The van der Waals surface area contributed by atoms with Crippen LogP contribution in [0.3, 0.4) is 0 Å². The molecule has 1 aliphatic rings. The highest BCUT2D eigenvalue weighted by Gasteiger charge is 2.36. The van der Waals surface area contributed by atoms with Crippen molar-refractivity contribution in [1.29, 1.82) is 0 Å². The van der Waals surface area contributed by atoms with E-state index in [4.69, 9.17) is 16.3 Å². The summed E-state index contributed by atoms with van der Waals surface area (Å²) in [6.07, 6.45) is -1.21. The lowest BCUT2D eigenvalue weighted by atomic mass is 9.87. The standard InChI is InChI=1S/C30H32ClN3O4/c1-17-16-21-25(19-10-12-20(31)13-11-19)24(28(29(36)37)38-30(3,4)5)18(2)26-27(21)33(17)14-15-34(26)22-8-7-9-23(35)32(22)6/h7-13,16,28H,14-15H2,1-6H3,(H,36,37)/t28-/m0/s1. The monoisotopic (exact) mass is 533 g/mol. The maximum absolute atomic E-state index is 12.8. The Bertz CT molecular complexity index is 1630. The highest BCUT2D eigenvalue weighted by Crippen LogP contribution is 2.49. The van der Waals surface area contributed by atoms with Crippen LogP contribution in [0.15, 0.2) is 53.3 Å². The van der Waals surface area contributed by atoms with Crippen LogP contribution in [0.25, 0.3) is 22.0 Å². The smallest absolute Gasteiger partial charge is 0.337 e. The number of anilines is 2. The number of benzene rings is 2. The number of hydrogen-bond acceptors (Lipinski definition) is 4. The molecule has 7 nitrogen and oxygen atoms in total. The van der Waals surface area contributed by atoms with Gasteiger partial charge in [-0.05, 0) is 75.6 Å². The summed E-state index contributed by atoms with van der Waals surface area (Å²) in [5.74, 6) is -0.309. The summed E-state index contributed by atoms with van der Waals surface area (Å²) < 4.78 is 10.1. The van der Waals surface area contributed by atoms with Crippen LogP contribution in [0.2, 0.25) is 5.02 Å². The van der Waals surface area contributed by atoms with E-state index in [2.05, 4.69) is 22.5 Å². The van der Waals surface area contributed by atoms with E-state index in [1.54, 1.807) is 17.7 Å². The molecule has 4 aromatic rings. The maximum atomic E-state index is 12.8. The highest BCUT2D eigenvalue weighted by molar-refractivity contribution is 6.30. The van der Waals surface area contributed by atoms with Crippen molar-refractivity contribution in [3.05, 3.63) is 80.7 Å². The van der Waals surface area contributed by atoms with Gasteiger partial charge in [-0.2, -0.15) is 0 Å². The minimum atomic E-state index is -1.21. The molecular formula is C30H32ClN3O4. The van der Waals surface area contributed by atoms with Gasteiger partial charge in [-0.1, -0.05) is 29.8 Å². The Labute approximate surface area is 226 Å². The van der Waals surface area contributed by atoms with E-state index < -0.39 is 17.7 Å². The molecule has 0 saturated carbocycles. The first kappa shape index (κ1) is 26.1. The van der Waals surface area contributed by atoms with Crippen molar-refractivity contribution in [3.8, 4) is 11.1 Å². The molecule has 0 saturated heterocycles. The van der Waals surface area contributed by atoms with Crippen LogP contribution in [0.4, 0.5) is 11.5 Å². The fraction of sp³-hybridized carbons (Fsp3) is 0.333. The third kappa shape index (κ3) is 4.29. The summed E-state index contributed by atoms with van der Waals surface area (Å²) in [5, 5.41) is 12.0. The number of hydrogen-bond donors (Lipinski definition) is 1. The van der Waals surface area contributed by atoms with Crippen LogP contribution in [0.1, 0.15) is 43.7 Å². The number of carboxylic acid groups (broad SMARTS) is 1. The van der Waals surface area contributed by atoms with E-state index in [-0.39, 0.29) is 5.56 Å². The lowest BCUT2D eigenvalue weighted by Gasteiger charge is -2.36. The van der Waals surface area contributed by atoms with Gasteiger partial charge in [-0.25, -0.2) is 4.79 Å². The van der Waals surface area contributed by atoms with E-state index in [9.17, 15) is 14.7 Å². The SMILES string of the molecule is Cc1c([C@H](OC(C)(C)C)C(=O)O)c(-c2ccc(Cl)cc2)c2cc(C)n3c2c1N(c1cccc(=O)n1C)CC3. The molecule has 2 aromatic heterocycles. The Hall–Kier alpha value is -3.55. The van der Waals surface area contributed by atoms with Crippen molar-refractivity contribution >= 4 is 40.0 Å². The minimum absolute atomic E-state index is 0.106. The van der Waals surface area contributed by atoms with Crippen LogP contribution in [0.5, 0.6) is 0 Å². The molecule has 0 amide bonds. The third-order valence-corrected chi connectivity index (χ3v) is 7.42. The van der Waals surface area contributed by atoms with Gasteiger partial charge in [-0.3, -0.25) is 9.36 Å². The van der Waals surface area contributed by atoms with Crippen molar-refractivity contribution < 1.29 is 14.6 Å². The van der Waals surface area contributed by atoms with Crippen molar-refractivity contribution in [3.63, 3.8) is 0 Å². The van der Waals surface area contributed by atoms with Gasteiger partial charge >= 0.3 is 5.97 Å². The molecule has 38 heavy (non-hydrogen) atoms. The highest BCUT2D eigenvalue weighted by atomic mass is 35.5. The molecule has 1 atom stereocenters. The Balaban J connectivity index is 1.94. The molecule has 198 valence electrons. The summed E-state index contributed by atoms with van der Waals surface area (Å²) in [6.45, 7) is 11.0. The first-order chi connectivity index (χ1) is 17.9. The molecule has 0 spiro atoms. The Kier molecular flexibility index (Phi) is 6.40. The minimum Gasteiger partial charge on any atom is -0.479 e. The lowest BCUT2D eigenvalue weighted by molar-refractivity contribution is -0.160. The van der Waals surface area contributed by atoms with Crippen molar-refractivity contribution in [2.24, 2.45) is 7.05 Å². The summed E-state index contributed by atoms with van der Waals surface area (Å²) in [6, 6.07) is 14.8. The van der Waals surface area contributed by atoms with Gasteiger partial charge in [0.15, 0.2) is 6.10 Å². The molecule has 0 radical (unpaired) electrons. The van der Waals surface area contributed by atoms with E-state index in [1.807, 2.05) is 58.0 Å². The zero-order valence-electron chi connectivity index (χ0n) is 22.5. The molecule has 1 N–H and O–H groups in total. The first-order valence-corrected chi connectivity index (χ1v) is 13.0. The zero-order valence-corrected chi connectivity index (χ0v) is 23.3. The molecule has 5 rings (SSSR count). The second-order valence-corrected chi connectivity index (χ2v) is 11.3. The van der Waals surface area contributed by atoms with E-state index in [1.165, 1.54) is 6.07 Å². The molecule has 3 heterocycles. The molecule has 0 fully saturated rings. The number of aliphatic carboxylic acids is 1. The fourth-order valence-corrected chi connectivity index (χ4v) is 5.71. The number of pyridine rings is 1. The number of halogens is 1. The summed E-state index contributed by atoms with van der Waals surface area (Å²) in [7, 11) is 1.76. The van der Waals surface area contributed by atoms with Crippen LogP contribution in [0, 0.1) is 13.8 Å². The average molecular weight is 534 g/mol. The van der Waals surface area contributed by atoms with Gasteiger partial charge in [0.1, 0.15) is 5.82 Å². The molecule has 2 aromatic carbocycles. The van der Waals surface area contributed by atoms with Crippen LogP contribution >= 0.6 is 11.6 Å². The maximum Gasteiger partial charge on any atom is 0.337 e. The van der Waals surface area contributed by atoms with Crippen LogP contribution in [-0.2, 0) is 23.1 Å². The van der Waals surface area contributed by atoms with Gasteiger partial charge in [0.2, 0.25) is 0 Å². The van der Waals surface area contributed by atoms with Gasteiger partial charge in [-0.15, -0.1) is 0 Å². The van der Waals surface area contributed by atoms with E-state index >= 15 is 0 Å². The number of carboxylic acids is 1. The molecule has 1 aliphatic heterocycles. The van der Waals surface area contributed by atoms with E-state index in [0.29, 0.717) is 17.1 Å². The number of rotatable bonds is 5. The average Bonchev–Trinajstić information content (AvgIpc) is 3.18. The van der Waals surface area contributed by atoms with Gasteiger partial charge in [0, 0.05) is 47.9 Å². The molecular weight excluding hydrogens is 502 g/mol. The van der Waals surface area contributed by atoms with Gasteiger partial charge in [0.25, 0.3) is 5.56 Å². The Morgan fingerprint density at radius 1 is 1.08 bits per heavy atom. The predicted molar refractivity (Wildman–Crippen MR) is 152 cm³/mol. The molecule has 8 heteroatoms. The zero-order chi connectivity index (χ0) is 27.5. The molecule has 0 aliphatic carbocycles. The number of nitrogens with zero attached hydrogens (tertiary/aromatic N) is 3. The first-order valence-electron chi connectivity index (χ1n) is 12.7. The van der Waals surface area contributed by atoms with Crippen molar-refractivity contribution in [2.45, 2.75) is 52.9 Å². The topological polar surface area (TPSA) is 76.7 Å². The van der Waals surface area contributed by atoms with Gasteiger partial charge < -0.3 is 19.3 Å². The quantitative estimate of drug-likeness (QED) is 0.322. The second kappa shape index (κ2) is 9.33. The van der Waals surface area contributed by atoms with Crippen LogP contribution < -0.4 is 10.5 Å². The predicted octanol–water partition coefficient (Wildman–Crippen LogP) is 6.37. The number of carbonyl (C=O) groups is 1. The Morgan fingerprint density at radius 2 is 1.76 bits per heavy atom. The second-order valence-electron chi connectivity index (χ2n) is 10.9. The van der Waals surface area contributed by atoms with Crippen molar-refractivity contribution in [2.75, 3.05) is 11.4 Å². The van der Waals surface area contributed by atoms with Crippen LogP contribution in [-0.4, -0.2) is 32.4 Å². The lowest BCUT2D eigenvalue weighted by Crippen LogP contribution is -2.34. The number of aryl methyl sites for hydroxylation is 1. The summed E-state index contributed by atoms with van der Waals surface area (Å²) in [4.78, 5) is 27.5. The van der Waals surface area contributed by atoms with E-state index in [0.717, 1.165) is 51.3 Å². The summed E-state index contributed by atoms with van der Waals surface area (Å²) >= 11 is 6.23. The third-order valence-electron chi connectivity index (χ3n) is 7.17.